The zero-order valence-corrected chi connectivity index (χ0v) is 11.4. The first-order valence-corrected chi connectivity index (χ1v) is 6.58. The molecule has 0 atom stereocenters. The van der Waals surface area contributed by atoms with Gasteiger partial charge in [0.15, 0.2) is 0 Å². The summed E-state index contributed by atoms with van der Waals surface area (Å²) in [6.45, 7) is 0. The molecule has 0 aliphatic rings. The molecule has 0 saturated carbocycles. The SMILES string of the molecule is FC(F)(F)c1c(-c2cccnc2)cccc1-c1cccnc1. The molecule has 0 N–H and O–H groups in total. The second-order valence-corrected chi connectivity index (χ2v) is 4.71. The Morgan fingerprint density at radius 2 is 1.18 bits per heavy atom. The normalized spacial score (nSPS) is 11.4. The van der Waals surface area contributed by atoms with E-state index >= 15 is 0 Å². The van der Waals surface area contributed by atoms with Crippen LogP contribution in [0.5, 0.6) is 0 Å². The van der Waals surface area contributed by atoms with Crippen molar-refractivity contribution in [3.05, 3.63) is 72.8 Å². The molecule has 0 saturated heterocycles. The lowest BCUT2D eigenvalue weighted by Crippen LogP contribution is -2.09. The summed E-state index contributed by atoms with van der Waals surface area (Å²) in [5.41, 5.74) is 0.418. The molecule has 0 spiro atoms. The molecule has 0 bridgehead atoms. The molecule has 2 heterocycles. The lowest BCUT2D eigenvalue weighted by atomic mass is 9.92. The highest BCUT2D eigenvalue weighted by Gasteiger charge is 2.36. The summed E-state index contributed by atoms with van der Waals surface area (Å²) in [7, 11) is 0. The Morgan fingerprint density at radius 3 is 1.55 bits per heavy atom. The fraction of sp³-hybridized carbons (Fsp3) is 0.0588. The van der Waals surface area contributed by atoms with Crippen molar-refractivity contribution in [1.82, 2.24) is 9.97 Å². The van der Waals surface area contributed by atoms with Crippen molar-refractivity contribution in [1.29, 1.82) is 0 Å². The monoisotopic (exact) mass is 300 g/mol. The van der Waals surface area contributed by atoms with Crippen LogP contribution in [0, 0.1) is 0 Å². The molecule has 0 unspecified atom stereocenters. The van der Waals surface area contributed by atoms with Gasteiger partial charge in [-0.2, -0.15) is 13.2 Å². The molecule has 3 aromatic rings. The number of halogens is 3. The van der Waals surface area contributed by atoms with Gasteiger partial charge in [-0.1, -0.05) is 30.3 Å². The third kappa shape index (κ3) is 2.70. The highest BCUT2D eigenvalue weighted by atomic mass is 19.4. The fourth-order valence-corrected chi connectivity index (χ4v) is 2.38. The Bertz CT molecular complexity index is 711. The first kappa shape index (κ1) is 14.3. The van der Waals surface area contributed by atoms with Crippen LogP contribution < -0.4 is 0 Å². The fourth-order valence-electron chi connectivity index (χ4n) is 2.38. The van der Waals surface area contributed by atoms with Gasteiger partial charge in [-0.15, -0.1) is 0 Å². The van der Waals surface area contributed by atoms with E-state index in [-0.39, 0.29) is 11.1 Å². The Balaban J connectivity index is 2.29. The number of pyridine rings is 2. The van der Waals surface area contributed by atoms with E-state index in [1.807, 2.05) is 0 Å². The number of aromatic nitrogens is 2. The van der Waals surface area contributed by atoms with Crippen LogP contribution in [0.3, 0.4) is 0 Å². The van der Waals surface area contributed by atoms with Crippen molar-refractivity contribution in [3.63, 3.8) is 0 Å². The molecule has 0 amide bonds. The molecule has 3 rings (SSSR count). The van der Waals surface area contributed by atoms with Crippen molar-refractivity contribution in [2.45, 2.75) is 6.18 Å². The van der Waals surface area contributed by atoms with Gasteiger partial charge < -0.3 is 0 Å². The number of benzene rings is 1. The minimum Gasteiger partial charge on any atom is -0.264 e. The molecular formula is C17H11F3N2. The first-order chi connectivity index (χ1) is 10.6. The molecule has 110 valence electrons. The van der Waals surface area contributed by atoms with Gasteiger partial charge in [-0.05, 0) is 23.3 Å². The molecule has 5 heteroatoms. The van der Waals surface area contributed by atoms with Crippen LogP contribution in [0.15, 0.2) is 67.3 Å². The standard InChI is InChI=1S/C17H11F3N2/c18-17(19,20)16-14(12-4-2-8-21-10-12)6-1-7-15(16)13-5-3-9-22-11-13/h1-11H. The Kier molecular flexibility index (Phi) is 3.63. The summed E-state index contributed by atoms with van der Waals surface area (Å²) in [5.74, 6) is 0. The summed E-state index contributed by atoms with van der Waals surface area (Å²) in [6.07, 6.45) is 1.44. The Morgan fingerprint density at radius 1 is 0.682 bits per heavy atom. The summed E-state index contributed by atoms with van der Waals surface area (Å²) < 4.78 is 40.9. The summed E-state index contributed by atoms with van der Waals surface area (Å²) >= 11 is 0. The molecular weight excluding hydrogens is 289 g/mol. The minimum atomic E-state index is -4.47. The molecule has 0 aliphatic carbocycles. The number of rotatable bonds is 2. The van der Waals surface area contributed by atoms with Crippen LogP contribution in [0.2, 0.25) is 0 Å². The van der Waals surface area contributed by atoms with Gasteiger partial charge in [0, 0.05) is 35.9 Å². The highest BCUT2D eigenvalue weighted by molar-refractivity contribution is 5.78. The lowest BCUT2D eigenvalue weighted by Gasteiger charge is -2.17. The van der Waals surface area contributed by atoms with Crippen molar-refractivity contribution in [2.75, 3.05) is 0 Å². The topological polar surface area (TPSA) is 25.8 Å². The molecule has 0 radical (unpaired) electrons. The largest absolute Gasteiger partial charge is 0.417 e. The second kappa shape index (κ2) is 5.60. The van der Waals surface area contributed by atoms with Crippen molar-refractivity contribution in [2.24, 2.45) is 0 Å². The van der Waals surface area contributed by atoms with Gasteiger partial charge in [0.25, 0.3) is 0 Å². The highest BCUT2D eigenvalue weighted by Crippen LogP contribution is 2.42. The quantitative estimate of drug-likeness (QED) is 0.677. The van der Waals surface area contributed by atoms with E-state index < -0.39 is 11.7 Å². The van der Waals surface area contributed by atoms with Crippen molar-refractivity contribution < 1.29 is 13.2 Å². The average Bonchev–Trinajstić information content (AvgIpc) is 2.55. The van der Waals surface area contributed by atoms with Crippen LogP contribution >= 0.6 is 0 Å². The summed E-state index contributed by atoms with van der Waals surface area (Å²) in [5, 5.41) is 0. The molecule has 0 fully saturated rings. The van der Waals surface area contributed by atoms with E-state index in [2.05, 4.69) is 9.97 Å². The van der Waals surface area contributed by atoms with Crippen molar-refractivity contribution >= 4 is 0 Å². The van der Waals surface area contributed by atoms with E-state index in [1.54, 1.807) is 30.3 Å². The second-order valence-electron chi connectivity index (χ2n) is 4.71. The minimum absolute atomic E-state index is 0.113. The molecule has 0 aliphatic heterocycles. The Labute approximate surface area is 125 Å². The molecule has 2 aromatic heterocycles. The lowest BCUT2D eigenvalue weighted by molar-refractivity contribution is -0.136. The maximum Gasteiger partial charge on any atom is 0.417 e. The predicted molar refractivity (Wildman–Crippen MR) is 77.9 cm³/mol. The van der Waals surface area contributed by atoms with Gasteiger partial charge in [0.2, 0.25) is 0 Å². The first-order valence-electron chi connectivity index (χ1n) is 6.58. The maximum absolute atomic E-state index is 13.6. The number of nitrogens with zero attached hydrogens (tertiary/aromatic N) is 2. The number of hydrogen-bond acceptors (Lipinski definition) is 2. The van der Waals surface area contributed by atoms with E-state index in [0.717, 1.165) is 0 Å². The molecule has 2 nitrogen and oxygen atoms in total. The van der Waals surface area contributed by atoms with Gasteiger partial charge in [-0.25, -0.2) is 0 Å². The van der Waals surface area contributed by atoms with Gasteiger partial charge >= 0.3 is 6.18 Å². The third-order valence-corrected chi connectivity index (χ3v) is 3.29. The van der Waals surface area contributed by atoms with E-state index in [1.165, 1.54) is 36.9 Å². The van der Waals surface area contributed by atoms with Crippen LogP contribution in [-0.4, -0.2) is 9.97 Å². The predicted octanol–water partition coefficient (Wildman–Crippen LogP) is 4.83. The van der Waals surface area contributed by atoms with Crippen LogP contribution in [0.1, 0.15) is 5.56 Å². The van der Waals surface area contributed by atoms with Crippen molar-refractivity contribution in [3.8, 4) is 22.3 Å². The molecule has 1 aromatic carbocycles. The van der Waals surface area contributed by atoms with Gasteiger partial charge in [0.05, 0.1) is 5.56 Å². The van der Waals surface area contributed by atoms with Gasteiger partial charge in [-0.3, -0.25) is 9.97 Å². The zero-order chi connectivity index (χ0) is 15.6. The molecule has 22 heavy (non-hydrogen) atoms. The van der Waals surface area contributed by atoms with E-state index in [0.29, 0.717) is 11.1 Å². The number of hydrogen-bond donors (Lipinski definition) is 0. The van der Waals surface area contributed by atoms with Gasteiger partial charge in [0.1, 0.15) is 0 Å². The maximum atomic E-state index is 13.6. The van der Waals surface area contributed by atoms with Crippen LogP contribution in [-0.2, 0) is 6.18 Å². The summed E-state index contributed by atoms with van der Waals surface area (Å²) in [4.78, 5) is 7.81. The smallest absolute Gasteiger partial charge is 0.264 e. The Hall–Kier alpha value is -2.69. The van der Waals surface area contributed by atoms with E-state index in [9.17, 15) is 13.2 Å². The number of alkyl halides is 3. The average molecular weight is 300 g/mol. The third-order valence-electron chi connectivity index (χ3n) is 3.29. The van der Waals surface area contributed by atoms with Crippen LogP contribution in [0.4, 0.5) is 13.2 Å². The van der Waals surface area contributed by atoms with Crippen LogP contribution in [0.25, 0.3) is 22.3 Å². The zero-order valence-electron chi connectivity index (χ0n) is 11.4. The van der Waals surface area contributed by atoms with E-state index in [4.69, 9.17) is 0 Å². The summed E-state index contributed by atoms with van der Waals surface area (Å²) in [6, 6.07) is 11.0.